The first-order valence-corrected chi connectivity index (χ1v) is 21.5. The van der Waals surface area contributed by atoms with Crippen LogP contribution in [0.4, 0.5) is 0 Å². The van der Waals surface area contributed by atoms with Gasteiger partial charge in [-0.1, -0.05) is 140 Å². The molecule has 0 aromatic heterocycles. The van der Waals surface area contributed by atoms with E-state index in [1.165, 1.54) is 128 Å². The average Bonchev–Trinajstić information content (AvgIpc) is 3.55. The van der Waals surface area contributed by atoms with Gasteiger partial charge in [-0.15, -0.1) is 0 Å². The number of hydrogen-bond acceptors (Lipinski definition) is 5. The predicted molar refractivity (Wildman–Crippen MR) is 219 cm³/mol. The summed E-state index contributed by atoms with van der Waals surface area (Å²) < 4.78 is 12.3. The van der Waals surface area contributed by atoms with Gasteiger partial charge in [-0.25, -0.2) is 0 Å². The third kappa shape index (κ3) is 28.4. The van der Waals surface area contributed by atoms with Gasteiger partial charge in [0, 0.05) is 38.1 Å². The third-order valence-electron chi connectivity index (χ3n) is 10.0. The molecule has 1 heterocycles. The van der Waals surface area contributed by atoms with Gasteiger partial charge in [0.2, 0.25) is 5.91 Å². The van der Waals surface area contributed by atoms with E-state index in [-0.39, 0.29) is 24.3 Å². The molecule has 3 atom stereocenters. The van der Waals surface area contributed by atoms with Crippen LogP contribution < -0.4 is 5.73 Å². The number of carbonyl (C=O) groups is 1. The Bertz CT molecular complexity index is 825. The number of aliphatic hydroxyl groups excluding tert-OH is 1. The van der Waals surface area contributed by atoms with E-state index in [1.54, 1.807) is 0 Å². The molecule has 1 aliphatic heterocycles. The SMILES string of the molecule is CCCCC/C=C\C/C=C\CCCCCCCCOCC1CN(C(=O)[C@@H](N)CO)C[C@H]1COCCCCCCCC/C=C\C/C=C\CCCCC. The van der Waals surface area contributed by atoms with E-state index in [0.29, 0.717) is 26.3 Å². The highest BCUT2D eigenvalue weighted by Crippen LogP contribution is 2.25. The van der Waals surface area contributed by atoms with Gasteiger partial charge >= 0.3 is 0 Å². The number of ether oxygens (including phenoxy) is 2. The quantitative estimate of drug-likeness (QED) is 0.0498. The van der Waals surface area contributed by atoms with Gasteiger partial charge in [0.25, 0.3) is 0 Å². The number of aliphatic hydroxyl groups is 1. The number of nitrogens with two attached hydrogens (primary N) is 1. The van der Waals surface area contributed by atoms with Gasteiger partial charge in [-0.3, -0.25) is 4.79 Å². The predicted octanol–water partition coefficient (Wildman–Crippen LogP) is 11.0. The maximum Gasteiger partial charge on any atom is 0.241 e. The van der Waals surface area contributed by atoms with Crippen LogP contribution in [0.2, 0.25) is 0 Å². The number of rotatable bonds is 36. The fourth-order valence-corrected chi connectivity index (χ4v) is 6.66. The van der Waals surface area contributed by atoms with E-state index in [1.807, 2.05) is 4.90 Å². The molecule has 0 radical (unpaired) electrons. The molecule has 0 aromatic carbocycles. The van der Waals surface area contributed by atoms with Gasteiger partial charge in [0.1, 0.15) is 6.04 Å². The molecule has 1 saturated heterocycles. The van der Waals surface area contributed by atoms with E-state index in [0.717, 1.165) is 38.9 Å². The van der Waals surface area contributed by atoms with Gasteiger partial charge < -0.3 is 25.2 Å². The number of allylic oxidation sites excluding steroid dienone is 8. The first kappa shape index (κ1) is 47.3. The first-order valence-electron chi connectivity index (χ1n) is 21.5. The topological polar surface area (TPSA) is 85.0 Å². The molecule has 0 saturated carbocycles. The summed E-state index contributed by atoms with van der Waals surface area (Å²) in [7, 11) is 0. The van der Waals surface area contributed by atoms with E-state index < -0.39 is 6.04 Å². The zero-order valence-electron chi connectivity index (χ0n) is 33.5. The van der Waals surface area contributed by atoms with Crippen LogP contribution in [0, 0.1) is 11.8 Å². The van der Waals surface area contributed by atoms with Crippen LogP contribution in [-0.4, -0.2) is 68.1 Å². The van der Waals surface area contributed by atoms with Gasteiger partial charge in [0.15, 0.2) is 0 Å². The number of hydrogen-bond donors (Lipinski definition) is 2. The van der Waals surface area contributed by atoms with E-state index in [9.17, 15) is 9.90 Å². The van der Waals surface area contributed by atoms with Crippen LogP contribution >= 0.6 is 0 Å². The molecule has 1 fully saturated rings. The van der Waals surface area contributed by atoms with E-state index in [2.05, 4.69) is 62.5 Å². The van der Waals surface area contributed by atoms with Crippen molar-refractivity contribution in [1.82, 2.24) is 4.90 Å². The Balaban J connectivity index is 2.12. The largest absolute Gasteiger partial charge is 0.394 e. The van der Waals surface area contributed by atoms with Crippen molar-refractivity contribution >= 4 is 5.91 Å². The van der Waals surface area contributed by atoms with Crippen LogP contribution in [-0.2, 0) is 14.3 Å². The fraction of sp³-hybridized carbons (Fsp3) is 0.800. The van der Waals surface area contributed by atoms with Crippen molar-refractivity contribution < 1.29 is 19.4 Å². The lowest BCUT2D eigenvalue weighted by atomic mass is 9.98. The molecule has 1 aliphatic rings. The summed E-state index contributed by atoms with van der Waals surface area (Å²) in [6.07, 6.45) is 48.3. The van der Waals surface area contributed by atoms with Crippen molar-refractivity contribution in [3.8, 4) is 0 Å². The summed E-state index contributed by atoms with van der Waals surface area (Å²) in [6.45, 7) is 8.30. The Labute approximate surface area is 315 Å². The summed E-state index contributed by atoms with van der Waals surface area (Å²) in [5.74, 6) is 0.334. The van der Waals surface area contributed by atoms with Crippen molar-refractivity contribution in [2.75, 3.05) is 46.1 Å². The van der Waals surface area contributed by atoms with Crippen LogP contribution in [0.1, 0.15) is 168 Å². The minimum atomic E-state index is -0.845. The van der Waals surface area contributed by atoms with Gasteiger partial charge in [-0.2, -0.15) is 0 Å². The van der Waals surface area contributed by atoms with Gasteiger partial charge in [-0.05, 0) is 77.0 Å². The van der Waals surface area contributed by atoms with Crippen LogP contribution in [0.3, 0.4) is 0 Å². The van der Waals surface area contributed by atoms with Crippen molar-refractivity contribution in [3.05, 3.63) is 48.6 Å². The molecular weight excluding hydrogens is 633 g/mol. The molecule has 1 unspecified atom stereocenters. The summed E-state index contributed by atoms with van der Waals surface area (Å²) in [6, 6.07) is -0.845. The fourth-order valence-electron chi connectivity index (χ4n) is 6.66. The highest BCUT2D eigenvalue weighted by atomic mass is 16.5. The number of carbonyl (C=O) groups excluding carboxylic acids is 1. The highest BCUT2D eigenvalue weighted by molar-refractivity contribution is 5.82. The van der Waals surface area contributed by atoms with E-state index in [4.69, 9.17) is 15.2 Å². The average molecular weight is 715 g/mol. The molecule has 6 nitrogen and oxygen atoms in total. The molecule has 0 aromatic rings. The number of nitrogens with zero attached hydrogens (tertiary/aromatic N) is 1. The molecule has 6 heteroatoms. The van der Waals surface area contributed by atoms with E-state index >= 15 is 0 Å². The molecule has 51 heavy (non-hydrogen) atoms. The molecule has 3 N–H and O–H groups in total. The number of amides is 1. The summed E-state index contributed by atoms with van der Waals surface area (Å²) in [5.41, 5.74) is 5.87. The monoisotopic (exact) mass is 715 g/mol. The standard InChI is InChI=1S/C45H82N2O4/c1-3-5-7-9-11-13-15-17-19-21-23-25-27-29-31-33-35-50-40-42-37-47(45(49)44(46)39-48)38-43(42)41-51-36-34-32-30-28-26-24-22-20-18-16-14-12-10-8-6-4-2/h11-14,17-20,42-44,48H,3-10,15-16,21-41,46H2,1-2H3/b13-11-,14-12-,19-17-,20-18-/t42-,43?,44-/m0/s1. The second kappa shape index (κ2) is 36.6. The first-order chi connectivity index (χ1) is 25.1. The zero-order valence-corrected chi connectivity index (χ0v) is 33.5. The smallest absolute Gasteiger partial charge is 0.241 e. The van der Waals surface area contributed by atoms with Gasteiger partial charge in [0.05, 0.1) is 19.8 Å². The molecule has 1 amide bonds. The molecule has 0 spiro atoms. The Morgan fingerprint density at radius 1 is 0.588 bits per heavy atom. The summed E-state index contributed by atoms with van der Waals surface area (Å²) in [4.78, 5) is 14.5. The Morgan fingerprint density at radius 2 is 0.941 bits per heavy atom. The van der Waals surface area contributed by atoms with Crippen LogP contribution in [0.25, 0.3) is 0 Å². The summed E-state index contributed by atoms with van der Waals surface area (Å²) in [5, 5.41) is 9.41. The lowest BCUT2D eigenvalue weighted by Gasteiger charge is -2.19. The lowest BCUT2D eigenvalue weighted by Crippen LogP contribution is -2.45. The molecular formula is C45H82N2O4. The Hall–Kier alpha value is -1.73. The van der Waals surface area contributed by atoms with Crippen molar-refractivity contribution in [1.29, 1.82) is 0 Å². The number of likely N-dealkylation sites (tertiary alicyclic amines) is 1. The Morgan fingerprint density at radius 3 is 1.31 bits per heavy atom. The molecule has 1 rings (SSSR count). The maximum atomic E-state index is 12.7. The summed E-state index contributed by atoms with van der Waals surface area (Å²) >= 11 is 0. The van der Waals surface area contributed by atoms with Crippen molar-refractivity contribution in [2.45, 2.75) is 174 Å². The second-order valence-corrected chi connectivity index (χ2v) is 14.9. The Kier molecular flexibility index (Phi) is 34.0. The van der Waals surface area contributed by atoms with Crippen LogP contribution in [0.5, 0.6) is 0 Å². The minimum absolute atomic E-state index is 0.166. The van der Waals surface area contributed by atoms with Crippen molar-refractivity contribution in [2.24, 2.45) is 17.6 Å². The second-order valence-electron chi connectivity index (χ2n) is 14.9. The zero-order chi connectivity index (χ0) is 36.9. The third-order valence-corrected chi connectivity index (χ3v) is 10.0. The molecule has 296 valence electrons. The van der Waals surface area contributed by atoms with Crippen LogP contribution in [0.15, 0.2) is 48.6 Å². The van der Waals surface area contributed by atoms with Crippen molar-refractivity contribution in [3.63, 3.8) is 0 Å². The molecule has 0 aliphatic carbocycles. The minimum Gasteiger partial charge on any atom is -0.394 e. The lowest BCUT2D eigenvalue weighted by molar-refractivity contribution is -0.132. The molecule has 0 bridgehead atoms. The maximum absolute atomic E-state index is 12.7. The normalized spacial score (nSPS) is 17.4. The number of unbranched alkanes of at least 4 members (excludes halogenated alkanes) is 18. The highest BCUT2D eigenvalue weighted by Gasteiger charge is 2.36.